The van der Waals surface area contributed by atoms with Crippen molar-refractivity contribution in [1.82, 2.24) is 15.1 Å². The van der Waals surface area contributed by atoms with Crippen LogP contribution in [0.4, 0.5) is 4.39 Å². The van der Waals surface area contributed by atoms with Gasteiger partial charge in [0, 0.05) is 12.0 Å². The van der Waals surface area contributed by atoms with Crippen molar-refractivity contribution in [2.75, 3.05) is 6.61 Å². The first-order valence-corrected chi connectivity index (χ1v) is 8.83. The molecule has 134 valence electrons. The molecular formula is C19H24FN3O2. The first-order valence-electron chi connectivity index (χ1n) is 8.83. The summed E-state index contributed by atoms with van der Waals surface area (Å²) in [5, 5.41) is 7.53. The zero-order valence-electron chi connectivity index (χ0n) is 14.9. The summed E-state index contributed by atoms with van der Waals surface area (Å²) in [4.78, 5) is 12.9. The van der Waals surface area contributed by atoms with Crippen molar-refractivity contribution in [3.05, 3.63) is 47.0 Å². The normalized spacial score (nSPS) is 16.4. The van der Waals surface area contributed by atoms with E-state index in [9.17, 15) is 9.18 Å². The molecule has 1 aliphatic heterocycles. The van der Waals surface area contributed by atoms with Crippen LogP contribution in [-0.4, -0.2) is 22.3 Å². The molecule has 1 atom stereocenters. The standard InChI is InChI=1S/C19H24FN3O2/c1-4-13(5-2)23-17(11-12(3)22-23)19(24)21-16-9-10-25-18-14(16)7-6-8-15(18)20/h6-8,11,13,16H,4-5,9-10H2,1-3H3,(H,21,24). The van der Waals surface area contributed by atoms with Gasteiger partial charge in [0.15, 0.2) is 11.6 Å². The van der Waals surface area contributed by atoms with Crippen LogP contribution in [0.5, 0.6) is 5.75 Å². The quantitative estimate of drug-likeness (QED) is 0.893. The molecule has 0 bridgehead atoms. The summed E-state index contributed by atoms with van der Waals surface area (Å²) in [6.07, 6.45) is 2.42. The maximum Gasteiger partial charge on any atom is 0.270 e. The number of rotatable bonds is 5. The number of fused-ring (bicyclic) bond motifs is 1. The lowest BCUT2D eigenvalue weighted by atomic mass is 10.00. The summed E-state index contributed by atoms with van der Waals surface area (Å²) in [6, 6.07) is 6.53. The van der Waals surface area contributed by atoms with Crippen molar-refractivity contribution < 1.29 is 13.9 Å². The number of nitrogens with zero attached hydrogens (tertiary/aromatic N) is 2. The smallest absolute Gasteiger partial charge is 0.270 e. The number of ether oxygens (including phenoxy) is 1. The molecule has 1 N–H and O–H groups in total. The van der Waals surface area contributed by atoms with Gasteiger partial charge < -0.3 is 10.1 Å². The fourth-order valence-electron chi connectivity index (χ4n) is 3.37. The molecule has 3 rings (SSSR count). The molecule has 0 spiro atoms. The summed E-state index contributed by atoms with van der Waals surface area (Å²) in [5.41, 5.74) is 2.05. The average molecular weight is 345 g/mol. The first kappa shape index (κ1) is 17.5. The maximum absolute atomic E-state index is 13.9. The van der Waals surface area contributed by atoms with Crippen molar-refractivity contribution in [3.63, 3.8) is 0 Å². The van der Waals surface area contributed by atoms with E-state index in [4.69, 9.17) is 4.74 Å². The largest absolute Gasteiger partial charge is 0.490 e. The van der Waals surface area contributed by atoms with Crippen LogP contribution in [0.3, 0.4) is 0 Å². The predicted octanol–water partition coefficient (Wildman–Crippen LogP) is 3.95. The molecule has 2 heterocycles. The van der Waals surface area contributed by atoms with Gasteiger partial charge in [-0.1, -0.05) is 26.0 Å². The Bertz CT molecular complexity index is 768. The summed E-state index contributed by atoms with van der Waals surface area (Å²) in [5.74, 6) is -0.340. The number of aryl methyl sites for hydroxylation is 1. The van der Waals surface area contributed by atoms with Gasteiger partial charge in [0.05, 0.1) is 24.4 Å². The van der Waals surface area contributed by atoms with Crippen molar-refractivity contribution in [2.45, 2.75) is 52.1 Å². The highest BCUT2D eigenvalue weighted by molar-refractivity contribution is 5.93. The van der Waals surface area contributed by atoms with Crippen molar-refractivity contribution in [2.24, 2.45) is 0 Å². The molecular weight excluding hydrogens is 321 g/mol. The molecule has 0 saturated heterocycles. The number of nitrogens with one attached hydrogen (secondary N) is 1. The van der Waals surface area contributed by atoms with Gasteiger partial charge in [0.2, 0.25) is 0 Å². The van der Waals surface area contributed by atoms with Gasteiger partial charge in [0.1, 0.15) is 5.69 Å². The molecule has 1 amide bonds. The minimum Gasteiger partial charge on any atom is -0.490 e. The Morgan fingerprint density at radius 2 is 2.20 bits per heavy atom. The molecule has 0 aliphatic carbocycles. The van der Waals surface area contributed by atoms with Crippen LogP contribution in [0.1, 0.15) is 66.9 Å². The van der Waals surface area contributed by atoms with Crippen LogP contribution in [0.15, 0.2) is 24.3 Å². The van der Waals surface area contributed by atoms with E-state index in [1.807, 2.05) is 11.6 Å². The molecule has 1 aromatic carbocycles. The van der Waals surface area contributed by atoms with Gasteiger partial charge in [-0.05, 0) is 31.9 Å². The highest BCUT2D eigenvalue weighted by atomic mass is 19.1. The third kappa shape index (κ3) is 3.38. The van der Waals surface area contributed by atoms with Gasteiger partial charge >= 0.3 is 0 Å². The zero-order valence-corrected chi connectivity index (χ0v) is 14.9. The van der Waals surface area contributed by atoms with Crippen LogP contribution in [0.25, 0.3) is 0 Å². The van der Waals surface area contributed by atoms with E-state index < -0.39 is 5.82 Å². The first-order chi connectivity index (χ1) is 12.0. The molecule has 0 radical (unpaired) electrons. The number of halogens is 1. The Kier molecular flexibility index (Phi) is 5.06. The number of para-hydroxylation sites is 1. The van der Waals surface area contributed by atoms with E-state index in [1.165, 1.54) is 6.07 Å². The Morgan fingerprint density at radius 3 is 2.92 bits per heavy atom. The number of hydrogen-bond acceptors (Lipinski definition) is 3. The Balaban J connectivity index is 1.86. The summed E-state index contributed by atoms with van der Waals surface area (Å²) >= 11 is 0. The SMILES string of the molecule is CCC(CC)n1nc(C)cc1C(=O)NC1CCOc2c(F)cccc21. The van der Waals surface area contributed by atoms with Gasteiger partial charge in [-0.2, -0.15) is 5.10 Å². The second kappa shape index (κ2) is 7.25. The van der Waals surface area contributed by atoms with Crippen LogP contribution < -0.4 is 10.1 Å². The predicted molar refractivity (Wildman–Crippen MR) is 93.3 cm³/mol. The molecule has 1 aromatic heterocycles. The topological polar surface area (TPSA) is 56.2 Å². The third-order valence-electron chi connectivity index (χ3n) is 4.71. The lowest BCUT2D eigenvalue weighted by Crippen LogP contribution is -2.34. The lowest BCUT2D eigenvalue weighted by molar-refractivity contribution is 0.0909. The summed E-state index contributed by atoms with van der Waals surface area (Å²) < 4.78 is 21.2. The number of hydrogen-bond donors (Lipinski definition) is 1. The molecule has 2 aromatic rings. The van der Waals surface area contributed by atoms with E-state index in [-0.39, 0.29) is 23.7 Å². The van der Waals surface area contributed by atoms with E-state index in [0.29, 0.717) is 24.3 Å². The minimum absolute atomic E-state index is 0.186. The Labute approximate surface area is 147 Å². The highest BCUT2D eigenvalue weighted by Gasteiger charge is 2.27. The number of carbonyl (C=O) groups is 1. The molecule has 0 fully saturated rings. The van der Waals surface area contributed by atoms with Gasteiger partial charge in [0.25, 0.3) is 5.91 Å². The van der Waals surface area contributed by atoms with Crippen LogP contribution in [-0.2, 0) is 0 Å². The maximum atomic E-state index is 13.9. The number of amides is 1. The fourth-order valence-corrected chi connectivity index (χ4v) is 3.37. The Hall–Kier alpha value is -2.37. The van der Waals surface area contributed by atoms with Gasteiger partial charge in [-0.15, -0.1) is 0 Å². The number of aromatic nitrogens is 2. The molecule has 6 heteroatoms. The lowest BCUT2D eigenvalue weighted by Gasteiger charge is -2.27. The van der Waals surface area contributed by atoms with Crippen LogP contribution in [0.2, 0.25) is 0 Å². The fraction of sp³-hybridized carbons (Fsp3) is 0.474. The van der Waals surface area contributed by atoms with Crippen molar-refractivity contribution in [1.29, 1.82) is 0 Å². The van der Waals surface area contributed by atoms with Crippen molar-refractivity contribution in [3.8, 4) is 5.75 Å². The minimum atomic E-state index is -0.394. The molecule has 1 aliphatic rings. The van der Waals surface area contributed by atoms with E-state index in [0.717, 1.165) is 18.5 Å². The number of benzene rings is 1. The van der Waals surface area contributed by atoms with E-state index >= 15 is 0 Å². The van der Waals surface area contributed by atoms with Crippen molar-refractivity contribution >= 4 is 5.91 Å². The summed E-state index contributed by atoms with van der Waals surface area (Å²) in [6.45, 7) is 6.44. The third-order valence-corrected chi connectivity index (χ3v) is 4.71. The van der Waals surface area contributed by atoms with Crippen LogP contribution in [0, 0.1) is 12.7 Å². The van der Waals surface area contributed by atoms with E-state index in [2.05, 4.69) is 24.3 Å². The van der Waals surface area contributed by atoms with Gasteiger partial charge in [-0.3, -0.25) is 9.48 Å². The Morgan fingerprint density at radius 1 is 1.44 bits per heavy atom. The van der Waals surface area contributed by atoms with E-state index in [1.54, 1.807) is 18.2 Å². The second-order valence-corrected chi connectivity index (χ2v) is 6.41. The summed E-state index contributed by atoms with van der Waals surface area (Å²) in [7, 11) is 0. The molecule has 5 nitrogen and oxygen atoms in total. The molecule has 0 saturated carbocycles. The average Bonchev–Trinajstić information content (AvgIpc) is 2.99. The van der Waals surface area contributed by atoms with Gasteiger partial charge in [-0.25, -0.2) is 4.39 Å². The zero-order chi connectivity index (χ0) is 18.0. The highest BCUT2D eigenvalue weighted by Crippen LogP contribution is 2.34. The second-order valence-electron chi connectivity index (χ2n) is 6.41. The number of carbonyl (C=O) groups excluding carboxylic acids is 1. The monoisotopic (exact) mass is 345 g/mol. The molecule has 1 unspecified atom stereocenters. The van der Waals surface area contributed by atoms with Crippen LogP contribution >= 0.6 is 0 Å². The molecule has 25 heavy (non-hydrogen) atoms.